The number of benzene rings is 5. The topological polar surface area (TPSA) is 526 Å². The van der Waals surface area contributed by atoms with Gasteiger partial charge in [0.15, 0.2) is 45.4 Å². The van der Waals surface area contributed by atoms with Gasteiger partial charge in [0.05, 0.1) is 71.5 Å². The van der Waals surface area contributed by atoms with Gasteiger partial charge in [0, 0.05) is 121 Å². The van der Waals surface area contributed by atoms with E-state index >= 15 is 0 Å². The zero-order valence-corrected chi connectivity index (χ0v) is 69.5. The van der Waals surface area contributed by atoms with Crippen molar-refractivity contribution in [2.45, 2.75) is 33.0 Å². The molecule has 0 spiro atoms. The lowest BCUT2D eigenvalue weighted by Crippen LogP contribution is -2.36. The van der Waals surface area contributed by atoms with Gasteiger partial charge in [0.25, 0.3) is 0 Å². The number of methoxy groups -OCH3 is 1. The summed E-state index contributed by atoms with van der Waals surface area (Å²) in [5, 5.41) is 43.1. The van der Waals surface area contributed by atoms with Crippen LogP contribution in [0.4, 0.5) is 40.7 Å². The summed E-state index contributed by atoms with van der Waals surface area (Å²) in [5.41, 5.74) is 51.1. The van der Waals surface area contributed by atoms with E-state index in [4.69, 9.17) is 58.1 Å². The van der Waals surface area contributed by atoms with Gasteiger partial charge >= 0.3 is 0 Å². The number of fused-ring (bicyclic) bond motifs is 8. The minimum Gasteiger partial charge on any atom is -0.508 e. The predicted molar refractivity (Wildman–Crippen MR) is 475 cm³/mol. The second-order valence-corrected chi connectivity index (χ2v) is 29.0. The van der Waals surface area contributed by atoms with Crippen molar-refractivity contribution in [2.24, 2.45) is 42.3 Å². The molecule has 2 aliphatic heterocycles. The van der Waals surface area contributed by atoms with Crippen LogP contribution in [0.3, 0.4) is 0 Å². The number of aromatic hydroxyl groups is 1. The molecule has 0 amide bonds. The Bertz CT molecular complexity index is 7130. The van der Waals surface area contributed by atoms with Gasteiger partial charge in [-0.3, -0.25) is 0 Å². The smallest absolute Gasteiger partial charge is 0.163 e. The first kappa shape index (κ1) is 82.3. The van der Waals surface area contributed by atoms with Crippen LogP contribution in [-0.2, 0) is 58.4 Å². The predicted octanol–water partition coefficient (Wildman–Crippen LogP) is 9.65. The summed E-state index contributed by atoms with van der Waals surface area (Å²) in [5.74, 6) is 6.01. The number of phenols is 1. The first-order chi connectivity index (χ1) is 60.6. The van der Waals surface area contributed by atoms with E-state index in [9.17, 15) is 5.11 Å². The summed E-state index contributed by atoms with van der Waals surface area (Å²) in [7, 11) is 12.7. The van der Waals surface area contributed by atoms with Crippen molar-refractivity contribution in [3.63, 3.8) is 0 Å². The van der Waals surface area contributed by atoms with Crippen molar-refractivity contribution in [3.05, 3.63) is 184 Å². The summed E-state index contributed by atoms with van der Waals surface area (Å²) >= 11 is 0. The fraction of sp³-hybridized carbons (Fsp3) is 0.212. The molecule has 16 heterocycles. The van der Waals surface area contributed by atoms with E-state index in [1.54, 1.807) is 59.7 Å². The first-order valence-electron chi connectivity index (χ1n) is 39.3. The molecule has 2 aliphatic rings. The zero-order valence-electron chi connectivity index (χ0n) is 69.5. The number of morpholine rings is 1. The van der Waals surface area contributed by atoms with E-state index in [-0.39, 0.29) is 11.9 Å². The molecule has 0 atom stereocenters. The Morgan fingerprint density at radius 2 is 0.768 bits per heavy atom. The van der Waals surface area contributed by atoms with Crippen LogP contribution >= 0.6 is 0 Å². The third-order valence-electron chi connectivity index (χ3n) is 20.2. The lowest BCUT2D eigenvalue weighted by Gasteiger charge is -2.27. The maximum atomic E-state index is 9.55. The quantitative estimate of drug-likeness (QED) is 0.0633. The number of nitrogens with zero attached hydrogens (tertiary/aromatic N) is 28. The fourth-order valence-corrected chi connectivity index (χ4v) is 14.5. The Kier molecular flexibility index (Phi) is 23.6. The lowest BCUT2D eigenvalue weighted by atomic mass is 10.0. The molecule has 0 bridgehead atoms. The molecule has 632 valence electrons. The number of rotatable bonds is 11. The Balaban J connectivity index is 0.000000111. The maximum absolute atomic E-state index is 9.55. The molecule has 0 radical (unpaired) electrons. The average molecular weight is 1680 g/mol. The molecular weight excluding hydrogens is 1590 g/mol. The normalized spacial score (nSPS) is 12.4. The third-order valence-corrected chi connectivity index (χ3v) is 20.2. The Labute approximate surface area is 712 Å². The highest BCUT2D eigenvalue weighted by atomic mass is 16.5. The summed E-state index contributed by atoms with van der Waals surface area (Å²) in [4.78, 5) is 64.3. The lowest BCUT2D eigenvalue weighted by molar-refractivity contribution is 0.122. The van der Waals surface area contributed by atoms with Crippen LogP contribution in [0.2, 0.25) is 0 Å². The van der Waals surface area contributed by atoms with Gasteiger partial charge in [-0.15, -0.1) is 0 Å². The van der Waals surface area contributed by atoms with Gasteiger partial charge in [-0.2, -0.15) is 30.6 Å². The summed E-state index contributed by atoms with van der Waals surface area (Å²) in [6.45, 7) is 9.06. The molecule has 40 nitrogen and oxygen atoms in total. The molecule has 13 N–H and O–H groups in total. The standard InChI is InChI=1S/C16H13N5O.C15H17N7O.C15H15N5O2.C15H17N5O.C14H15N5O.C10H9N7/c1-21-16-13(15(17)18-8-19-16)14(20-21)11-3-2-10-7-12(22)5-4-9(10)6-11;1-21-15-12(14(16)18-9-19-15)13(20-21)10-2-3-11(17-8-10)22-4-6-23-7-5-22;1-20-15-12(14(16)17-8-18-15)13(19-20)9-3-4-10-11(7-9)22-6-2-5-21-10;1-9(2)21-11-6-4-5-10(7-11)13-12-14(16)17-8-18-15(12)20(3)19-13;1-19-14-11(13(15)16-8-17-14)12(18-19)10-5-3-4-9(6-10)7-20-2;1-17-10-7(9(11)14-5-15-10)8(16-17)6-2-12-4-13-3-6/h2-8,22H,1H3,(H2,17,18,19);2-3,8-9H,4-7H2,1H3,(H2,16,18,19);3-4,7-8H,2,5-6H2,1H3,(H2,16,17,18);4-9H,1-3H3,(H2,16,17,18);3-6,8H,7H2,1-2H3,(H2,15,16,17);2-5H,1H3,(H2,11,14,15). The van der Waals surface area contributed by atoms with Gasteiger partial charge < -0.3 is 68.1 Å². The molecule has 1 fully saturated rings. The maximum Gasteiger partial charge on any atom is 0.163 e. The van der Waals surface area contributed by atoms with Gasteiger partial charge in [-0.05, 0) is 96.9 Å². The van der Waals surface area contributed by atoms with E-state index in [2.05, 4.69) is 110 Å². The number of nitrogens with two attached hydrogens (primary N) is 6. The Morgan fingerprint density at radius 3 is 1.22 bits per heavy atom. The monoisotopic (exact) mass is 1680 g/mol. The molecule has 0 saturated carbocycles. The molecule has 125 heavy (non-hydrogen) atoms. The minimum atomic E-state index is 0.120. The highest BCUT2D eigenvalue weighted by Gasteiger charge is 2.24. The first-order valence-corrected chi connectivity index (χ1v) is 39.3. The zero-order chi connectivity index (χ0) is 87.1. The number of anilines is 7. The van der Waals surface area contributed by atoms with Crippen molar-refractivity contribution in [1.82, 2.24) is 133 Å². The fourth-order valence-electron chi connectivity index (χ4n) is 14.5. The number of nitrogen functional groups attached to an aromatic ring is 6. The van der Waals surface area contributed by atoms with Crippen LogP contribution in [0.5, 0.6) is 23.0 Å². The number of aromatic nitrogens is 27. The van der Waals surface area contributed by atoms with E-state index in [0.29, 0.717) is 88.7 Å². The molecule has 21 rings (SSSR count). The van der Waals surface area contributed by atoms with E-state index in [0.717, 1.165) is 172 Å². The van der Waals surface area contributed by atoms with Crippen molar-refractivity contribution in [1.29, 1.82) is 0 Å². The second kappa shape index (κ2) is 35.9. The van der Waals surface area contributed by atoms with E-state index in [1.807, 2.05) is 165 Å². The van der Waals surface area contributed by atoms with Crippen LogP contribution < -0.4 is 53.5 Å². The van der Waals surface area contributed by atoms with Crippen LogP contribution in [0.25, 0.3) is 145 Å². The van der Waals surface area contributed by atoms with Crippen molar-refractivity contribution in [2.75, 3.05) is 85.9 Å². The van der Waals surface area contributed by atoms with Crippen molar-refractivity contribution < 1.29 is 28.8 Å². The SMILES string of the molecule is CC(C)Oc1cccc(-c2nn(C)c3ncnc(N)c23)c1.COCc1cccc(-c2nn(C)c3ncnc(N)c23)c1.Cn1nc(-c2ccc(N3CCOCC3)nc2)c2c(N)ncnc21.Cn1nc(-c2ccc3c(c2)OCCCO3)c2c(N)ncnc21.Cn1nc(-c2ccc3cc(O)ccc3c2)c2c(N)ncnc21.Cn1nc(-c2cncnc2)c2c(N)ncnc21. The third kappa shape index (κ3) is 17.3. The summed E-state index contributed by atoms with van der Waals surface area (Å²) in [6, 6.07) is 36.8. The van der Waals surface area contributed by atoms with Crippen molar-refractivity contribution >= 4 is 118 Å². The van der Waals surface area contributed by atoms with Gasteiger partial charge in [-0.25, -0.2) is 103 Å². The second-order valence-electron chi connectivity index (χ2n) is 29.0. The number of phenolic OH excluding ortho intramolecular Hbond substituents is 1. The number of pyridine rings is 1. The van der Waals surface area contributed by atoms with Crippen LogP contribution in [0.1, 0.15) is 25.8 Å². The molecule has 0 aliphatic carbocycles. The highest BCUT2D eigenvalue weighted by Crippen LogP contribution is 2.40. The van der Waals surface area contributed by atoms with E-state index < -0.39 is 0 Å². The number of hydrogen-bond donors (Lipinski definition) is 7. The number of ether oxygens (including phenoxy) is 5. The molecule has 1 saturated heterocycles. The molecule has 5 aromatic carbocycles. The Hall–Kier alpha value is -16.4. The van der Waals surface area contributed by atoms with Crippen molar-refractivity contribution in [3.8, 4) is 90.5 Å². The highest BCUT2D eigenvalue weighted by molar-refractivity contribution is 6.03. The van der Waals surface area contributed by atoms with Crippen LogP contribution in [0, 0.1) is 0 Å². The molecular formula is C85H86N34O6. The molecule has 40 heteroatoms. The summed E-state index contributed by atoms with van der Waals surface area (Å²) < 4.78 is 37.8. The molecule has 14 aromatic heterocycles. The minimum absolute atomic E-state index is 0.120. The summed E-state index contributed by atoms with van der Waals surface area (Å²) in [6.07, 6.45) is 16.3. The van der Waals surface area contributed by atoms with E-state index in [1.165, 1.54) is 44.3 Å². The van der Waals surface area contributed by atoms with Crippen LogP contribution in [0.15, 0.2) is 178 Å². The molecule has 19 aromatic rings. The molecule has 0 unspecified atom stereocenters. The van der Waals surface area contributed by atoms with Gasteiger partial charge in [0.2, 0.25) is 0 Å². The van der Waals surface area contributed by atoms with Crippen LogP contribution in [-0.4, -0.2) is 191 Å². The van der Waals surface area contributed by atoms with Gasteiger partial charge in [-0.1, -0.05) is 48.5 Å². The van der Waals surface area contributed by atoms with Gasteiger partial charge in [0.1, 0.15) is 131 Å². The number of aryl methyl sites for hydroxylation is 6. The largest absolute Gasteiger partial charge is 0.508 e. The Morgan fingerprint density at radius 1 is 0.376 bits per heavy atom. The average Bonchev–Trinajstić information content (AvgIpc) is 1.67. The number of hydrogen-bond acceptors (Lipinski definition) is 34.